The van der Waals surface area contributed by atoms with Gasteiger partial charge in [-0.1, -0.05) is 43.8 Å². The van der Waals surface area contributed by atoms with Crippen molar-refractivity contribution < 1.29 is 9.53 Å². The molecular formula is C25H29N3O2S2. The lowest BCUT2D eigenvalue weighted by Gasteiger charge is -2.31. The van der Waals surface area contributed by atoms with Crippen molar-refractivity contribution in [3.05, 3.63) is 52.9 Å². The summed E-state index contributed by atoms with van der Waals surface area (Å²) < 4.78 is 5.59. The fraction of sp³-hybridized carbons (Fsp3) is 0.360. The van der Waals surface area contributed by atoms with E-state index in [0.717, 1.165) is 27.6 Å². The monoisotopic (exact) mass is 467 g/mol. The molecular weight excluding hydrogens is 438 g/mol. The van der Waals surface area contributed by atoms with Crippen LogP contribution in [0.2, 0.25) is 0 Å². The first-order valence-corrected chi connectivity index (χ1v) is 12.4. The standard InChI is InChI=1S/C25H29N3O2S2/c1-15(2)22(28(6)24(29)30-25(3,4)5)23-27-19(14-31-23)16-11-12-21-18(13-16)26-17-9-7-8-10-20(17)32-21/h7-15,22,26H,1-6H3. The van der Waals surface area contributed by atoms with E-state index < -0.39 is 5.60 Å². The normalized spacial score (nSPS) is 13.7. The van der Waals surface area contributed by atoms with E-state index in [2.05, 4.69) is 60.9 Å². The lowest BCUT2D eigenvalue weighted by Crippen LogP contribution is -2.38. The second-order valence-electron chi connectivity index (χ2n) is 9.29. The van der Waals surface area contributed by atoms with E-state index in [1.165, 1.54) is 9.79 Å². The van der Waals surface area contributed by atoms with Gasteiger partial charge in [0.05, 0.1) is 23.1 Å². The quantitative estimate of drug-likeness (QED) is 0.335. The number of hydrogen-bond donors (Lipinski definition) is 1. The summed E-state index contributed by atoms with van der Waals surface area (Å²) in [4.78, 5) is 21.7. The van der Waals surface area contributed by atoms with Gasteiger partial charge in [0.15, 0.2) is 0 Å². The van der Waals surface area contributed by atoms with Crippen LogP contribution in [0.3, 0.4) is 0 Å². The zero-order chi connectivity index (χ0) is 23.0. The van der Waals surface area contributed by atoms with Gasteiger partial charge in [-0.25, -0.2) is 9.78 Å². The number of ether oxygens (including phenoxy) is 1. The Morgan fingerprint density at radius 1 is 1.09 bits per heavy atom. The molecule has 0 aliphatic carbocycles. The number of carbonyl (C=O) groups excluding carboxylic acids is 1. The number of amides is 1. The van der Waals surface area contributed by atoms with E-state index in [1.807, 2.05) is 26.8 Å². The summed E-state index contributed by atoms with van der Waals surface area (Å²) in [6, 6.07) is 14.6. The van der Waals surface area contributed by atoms with E-state index in [4.69, 9.17) is 9.72 Å². The van der Waals surface area contributed by atoms with Crippen LogP contribution in [0.5, 0.6) is 0 Å². The summed E-state index contributed by atoms with van der Waals surface area (Å²) in [6.07, 6.45) is -0.332. The molecule has 1 atom stereocenters. The fourth-order valence-corrected chi connectivity index (χ4v) is 5.81. The maximum atomic E-state index is 12.7. The largest absolute Gasteiger partial charge is 0.444 e. The Bertz CT molecular complexity index is 1130. The van der Waals surface area contributed by atoms with Gasteiger partial charge in [0.25, 0.3) is 0 Å². The minimum atomic E-state index is -0.534. The maximum Gasteiger partial charge on any atom is 0.410 e. The van der Waals surface area contributed by atoms with Crippen LogP contribution in [0.25, 0.3) is 11.3 Å². The minimum Gasteiger partial charge on any atom is -0.444 e. The number of benzene rings is 2. The van der Waals surface area contributed by atoms with Crippen LogP contribution in [-0.2, 0) is 4.74 Å². The number of fused-ring (bicyclic) bond motifs is 2. The molecule has 1 aliphatic rings. The summed E-state index contributed by atoms with van der Waals surface area (Å²) in [6.45, 7) is 9.84. The molecule has 0 saturated heterocycles. The fourth-order valence-electron chi connectivity index (χ4n) is 3.70. The Hall–Kier alpha value is -2.51. The van der Waals surface area contributed by atoms with Gasteiger partial charge in [-0.2, -0.15) is 0 Å². The molecule has 7 heteroatoms. The molecule has 2 heterocycles. The van der Waals surface area contributed by atoms with E-state index in [-0.39, 0.29) is 18.1 Å². The molecule has 0 radical (unpaired) electrons. The molecule has 1 amide bonds. The van der Waals surface area contributed by atoms with Crippen molar-refractivity contribution in [3.63, 3.8) is 0 Å². The Labute approximate surface area is 198 Å². The second kappa shape index (κ2) is 8.79. The van der Waals surface area contributed by atoms with Crippen LogP contribution in [0, 0.1) is 5.92 Å². The third-order valence-electron chi connectivity index (χ3n) is 5.16. The molecule has 32 heavy (non-hydrogen) atoms. The van der Waals surface area contributed by atoms with Crippen LogP contribution in [-0.4, -0.2) is 28.6 Å². The van der Waals surface area contributed by atoms with Crippen molar-refractivity contribution in [3.8, 4) is 11.3 Å². The van der Waals surface area contributed by atoms with Crippen molar-refractivity contribution in [2.45, 2.75) is 56.1 Å². The lowest BCUT2D eigenvalue weighted by atomic mass is 10.0. The number of hydrogen-bond acceptors (Lipinski definition) is 6. The van der Waals surface area contributed by atoms with Gasteiger partial charge in [0.1, 0.15) is 10.6 Å². The number of aromatic nitrogens is 1. The molecule has 168 valence electrons. The van der Waals surface area contributed by atoms with Crippen LogP contribution >= 0.6 is 23.1 Å². The van der Waals surface area contributed by atoms with Crippen LogP contribution < -0.4 is 5.32 Å². The molecule has 0 bridgehead atoms. The van der Waals surface area contributed by atoms with Gasteiger partial charge in [0.2, 0.25) is 0 Å². The molecule has 1 aliphatic heterocycles. The van der Waals surface area contributed by atoms with Crippen molar-refractivity contribution >= 4 is 40.6 Å². The predicted octanol–water partition coefficient (Wildman–Crippen LogP) is 7.58. The average molecular weight is 468 g/mol. The number of thiazole rings is 1. The van der Waals surface area contributed by atoms with E-state index in [1.54, 1.807) is 35.0 Å². The van der Waals surface area contributed by atoms with Crippen molar-refractivity contribution in [1.82, 2.24) is 9.88 Å². The smallest absolute Gasteiger partial charge is 0.410 e. The SMILES string of the molecule is CC(C)C(c1nc(-c2ccc3c(c2)Nc2ccccc2S3)cs1)N(C)C(=O)OC(C)(C)C. The first-order valence-electron chi connectivity index (χ1n) is 10.7. The molecule has 1 unspecified atom stereocenters. The zero-order valence-electron chi connectivity index (χ0n) is 19.3. The van der Waals surface area contributed by atoms with E-state index in [9.17, 15) is 4.79 Å². The zero-order valence-corrected chi connectivity index (χ0v) is 20.9. The Morgan fingerprint density at radius 3 is 2.53 bits per heavy atom. The number of nitrogens with one attached hydrogen (secondary N) is 1. The maximum absolute atomic E-state index is 12.7. The first kappa shape index (κ1) is 22.7. The van der Waals surface area contributed by atoms with E-state index in [0.29, 0.717) is 0 Å². The first-order chi connectivity index (χ1) is 15.1. The van der Waals surface area contributed by atoms with Gasteiger partial charge in [-0.3, -0.25) is 0 Å². The van der Waals surface area contributed by atoms with E-state index >= 15 is 0 Å². The molecule has 5 nitrogen and oxygen atoms in total. The summed E-state index contributed by atoms with van der Waals surface area (Å²) in [5.74, 6) is 0.199. The van der Waals surface area contributed by atoms with Crippen molar-refractivity contribution in [1.29, 1.82) is 0 Å². The van der Waals surface area contributed by atoms with Gasteiger partial charge in [-0.05, 0) is 51.0 Å². The molecule has 1 N–H and O–H groups in total. The molecule has 0 spiro atoms. The lowest BCUT2D eigenvalue weighted by molar-refractivity contribution is 0.0175. The Balaban J connectivity index is 1.58. The number of para-hydroxylation sites is 1. The number of rotatable bonds is 4. The average Bonchev–Trinajstić information content (AvgIpc) is 3.20. The van der Waals surface area contributed by atoms with Gasteiger partial charge in [-0.15, -0.1) is 11.3 Å². The van der Waals surface area contributed by atoms with Crippen LogP contribution in [0.1, 0.15) is 45.7 Å². The molecule has 4 rings (SSSR count). The number of nitrogens with zero attached hydrogens (tertiary/aromatic N) is 2. The van der Waals surface area contributed by atoms with Crippen LogP contribution in [0.4, 0.5) is 16.2 Å². The van der Waals surface area contributed by atoms with Gasteiger partial charge in [0, 0.05) is 27.8 Å². The molecule has 1 aromatic heterocycles. The predicted molar refractivity (Wildman–Crippen MR) is 133 cm³/mol. The molecule has 3 aromatic rings. The van der Waals surface area contributed by atoms with Crippen LogP contribution in [0.15, 0.2) is 57.6 Å². The minimum absolute atomic E-state index is 0.151. The topological polar surface area (TPSA) is 54.5 Å². The number of anilines is 2. The summed E-state index contributed by atoms with van der Waals surface area (Å²) in [7, 11) is 1.79. The summed E-state index contributed by atoms with van der Waals surface area (Å²) in [5, 5.41) is 6.52. The third-order valence-corrected chi connectivity index (χ3v) is 7.22. The summed E-state index contributed by atoms with van der Waals surface area (Å²) in [5.41, 5.74) is 3.66. The number of carbonyl (C=O) groups is 1. The van der Waals surface area contributed by atoms with Gasteiger partial charge >= 0.3 is 6.09 Å². The Kier molecular flexibility index (Phi) is 6.23. The Morgan fingerprint density at radius 2 is 1.81 bits per heavy atom. The van der Waals surface area contributed by atoms with Crippen molar-refractivity contribution in [2.24, 2.45) is 5.92 Å². The highest BCUT2D eigenvalue weighted by molar-refractivity contribution is 7.99. The highest BCUT2D eigenvalue weighted by Crippen LogP contribution is 2.45. The molecule has 2 aromatic carbocycles. The molecule has 0 saturated carbocycles. The highest BCUT2D eigenvalue weighted by atomic mass is 32.2. The third kappa shape index (κ3) is 4.79. The molecule has 0 fully saturated rings. The van der Waals surface area contributed by atoms with Gasteiger partial charge < -0.3 is 15.0 Å². The summed E-state index contributed by atoms with van der Waals surface area (Å²) >= 11 is 3.36. The highest BCUT2D eigenvalue weighted by Gasteiger charge is 2.31. The van der Waals surface area contributed by atoms with Crippen molar-refractivity contribution in [2.75, 3.05) is 12.4 Å². The second-order valence-corrected chi connectivity index (χ2v) is 11.3.